The van der Waals surface area contributed by atoms with E-state index in [-0.39, 0.29) is 10.6 Å². The van der Waals surface area contributed by atoms with Crippen molar-refractivity contribution in [2.45, 2.75) is 30.6 Å². The van der Waals surface area contributed by atoms with E-state index in [1.54, 1.807) is 30.5 Å². The quantitative estimate of drug-likeness (QED) is 0.288. The molecule has 3 fully saturated rings. The van der Waals surface area contributed by atoms with Gasteiger partial charge in [-0.25, -0.2) is 8.42 Å². The van der Waals surface area contributed by atoms with Gasteiger partial charge >= 0.3 is 0 Å². The van der Waals surface area contributed by atoms with Crippen molar-refractivity contribution in [1.82, 2.24) is 4.31 Å². The van der Waals surface area contributed by atoms with Crippen LogP contribution >= 0.6 is 0 Å². The molecule has 3 heterocycles. The van der Waals surface area contributed by atoms with E-state index in [4.69, 9.17) is 9.47 Å². The van der Waals surface area contributed by atoms with Crippen molar-refractivity contribution in [1.29, 1.82) is 0 Å². The minimum Gasteiger partial charge on any atom is -0.379 e. The maximum atomic E-state index is 13.8. The molecule has 39 heavy (non-hydrogen) atoms. The van der Waals surface area contributed by atoms with Crippen molar-refractivity contribution in [3.05, 3.63) is 52.1 Å². The van der Waals surface area contributed by atoms with E-state index >= 15 is 0 Å². The number of ether oxygens (including phenoxy) is 2. The molecule has 0 N–H and O–H groups in total. The van der Waals surface area contributed by atoms with Gasteiger partial charge in [-0.3, -0.25) is 15.1 Å². The molecule has 0 radical (unpaired) electrons. The van der Waals surface area contributed by atoms with Crippen LogP contribution in [0.5, 0.6) is 0 Å². The Kier molecular flexibility index (Phi) is 8.75. The number of anilines is 2. The number of morpholine rings is 2. The molecule has 3 saturated heterocycles. The number of nitro groups is 1. The highest BCUT2D eigenvalue weighted by molar-refractivity contribution is 7.89. The summed E-state index contributed by atoms with van der Waals surface area (Å²) in [4.78, 5) is 20.2. The SMILES string of the molecule is O=[N+]([O-])c1ccc(N2CCCCCC2)c(C=Nc2ccc(N3CCOCC3)c(S(=O)(=O)N3CCOCC3)c2)c1. The van der Waals surface area contributed by atoms with E-state index in [1.807, 2.05) is 4.90 Å². The Labute approximate surface area is 229 Å². The van der Waals surface area contributed by atoms with Crippen molar-refractivity contribution in [2.24, 2.45) is 4.99 Å². The summed E-state index contributed by atoms with van der Waals surface area (Å²) in [5.74, 6) is 0. The lowest BCUT2D eigenvalue weighted by Gasteiger charge is -2.32. The van der Waals surface area contributed by atoms with Crippen LogP contribution in [-0.2, 0) is 19.5 Å². The molecule has 0 amide bonds. The number of rotatable bonds is 7. The number of benzene rings is 2. The first kappa shape index (κ1) is 27.5. The van der Waals surface area contributed by atoms with Crippen LogP contribution in [-0.4, -0.2) is 89.6 Å². The van der Waals surface area contributed by atoms with Gasteiger partial charge in [-0.2, -0.15) is 4.31 Å². The highest BCUT2D eigenvalue weighted by Crippen LogP contribution is 2.33. The topological polar surface area (TPSA) is 118 Å². The average Bonchev–Trinajstić information content (AvgIpc) is 3.26. The molecule has 11 nitrogen and oxygen atoms in total. The van der Waals surface area contributed by atoms with Gasteiger partial charge in [0.15, 0.2) is 0 Å². The Balaban J connectivity index is 1.52. The minimum absolute atomic E-state index is 0.00623. The number of nitro benzene ring substituents is 1. The third-order valence-corrected chi connectivity index (χ3v) is 9.33. The molecule has 12 heteroatoms. The monoisotopic (exact) mass is 557 g/mol. The van der Waals surface area contributed by atoms with Crippen LogP contribution in [0, 0.1) is 10.1 Å². The number of nitrogens with zero attached hydrogens (tertiary/aromatic N) is 5. The second-order valence-corrected chi connectivity index (χ2v) is 11.8. The highest BCUT2D eigenvalue weighted by Gasteiger charge is 2.31. The molecule has 0 aromatic heterocycles. The van der Waals surface area contributed by atoms with Gasteiger partial charge in [0.2, 0.25) is 10.0 Å². The van der Waals surface area contributed by atoms with E-state index in [2.05, 4.69) is 9.89 Å². The standard InChI is InChI=1S/C27H35N5O6S/c33-32(34)24-6-8-25(29-9-3-1-2-4-10-29)22(19-24)21-28-23-5-7-26(30-11-15-37-16-12-30)27(20-23)39(35,36)31-13-17-38-18-14-31/h5-8,19-21H,1-4,9-18H2. The van der Waals surface area contributed by atoms with Gasteiger partial charge in [0.05, 0.1) is 42.7 Å². The molecule has 0 spiro atoms. The van der Waals surface area contributed by atoms with E-state index in [0.29, 0.717) is 69.5 Å². The average molecular weight is 558 g/mol. The lowest BCUT2D eigenvalue weighted by molar-refractivity contribution is -0.384. The molecule has 0 saturated carbocycles. The molecule has 5 rings (SSSR count). The molecule has 0 aliphatic carbocycles. The largest absolute Gasteiger partial charge is 0.379 e. The van der Waals surface area contributed by atoms with Crippen molar-refractivity contribution in [3.63, 3.8) is 0 Å². The predicted molar refractivity (Wildman–Crippen MR) is 150 cm³/mol. The molecule has 0 unspecified atom stereocenters. The maximum Gasteiger partial charge on any atom is 0.270 e. The first-order valence-corrected chi connectivity index (χ1v) is 15.0. The van der Waals surface area contributed by atoms with Gasteiger partial charge in [-0.15, -0.1) is 0 Å². The lowest BCUT2D eigenvalue weighted by atomic mass is 10.1. The number of aliphatic imine (C=N–C) groups is 1. The zero-order chi connectivity index (χ0) is 27.2. The minimum atomic E-state index is -3.80. The summed E-state index contributed by atoms with van der Waals surface area (Å²) in [5, 5.41) is 11.5. The third kappa shape index (κ3) is 6.40. The van der Waals surface area contributed by atoms with Crippen LogP contribution in [0.2, 0.25) is 0 Å². The van der Waals surface area contributed by atoms with Crippen LogP contribution in [0.1, 0.15) is 31.2 Å². The smallest absolute Gasteiger partial charge is 0.270 e. The molecule has 0 atom stereocenters. The van der Waals surface area contributed by atoms with Crippen LogP contribution in [0.3, 0.4) is 0 Å². The van der Waals surface area contributed by atoms with Crippen LogP contribution in [0.4, 0.5) is 22.7 Å². The molecule has 2 aromatic rings. The Morgan fingerprint density at radius 3 is 2.08 bits per heavy atom. The normalized spacial score (nSPS) is 19.8. The summed E-state index contributed by atoms with van der Waals surface area (Å²) < 4.78 is 39.8. The summed E-state index contributed by atoms with van der Waals surface area (Å²) in [6.45, 7) is 5.33. The van der Waals surface area contributed by atoms with Crippen molar-refractivity contribution >= 4 is 39.0 Å². The highest BCUT2D eigenvalue weighted by atomic mass is 32.2. The van der Waals surface area contributed by atoms with E-state index in [1.165, 1.54) is 29.3 Å². The van der Waals surface area contributed by atoms with Crippen LogP contribution in [0.25, 0.3) is 0 Å². The second-order valence-electron chi connectivity index (χ2n) is 9.93. The van der Waals surface area contributed by atoms with Gasteiger partial charge < -0.3 is 19.3 Å². The van der Waals surface area contributed by atoms with Gasteiger partial charge in [0.25, 0.3) is 5.69 Å². The van der Waals surface area contributed by atoms with Gasteiger partial charge in [-0.1, -0.05) is 12.8 Å². The first-order valence-electron chi connectivity index (χ1n) is 13.6. The van der Waals surface area contributed by atoms with Gasteiger partial charge in [0.1, 0.15) is 4.90 Å². The zero-order valence-electron chi connectivity index (χ0n) is 22.0. The van der Waals surface area contributed by atoms with Crippen molar-refractivity contribution in [2.75, 3.05) is 75.5 Å². The van der Waals surface area contributed by atoms with Crippen molar-refractivity contribution < 1.29 is 22.8 Å². The van der Waals surface area contributed by atoms with Crippen LogP contribution in [0.15, 0.2) is 46.3 Å². The van der Waals surface area contributed by atoms with E-state index in [0.717, 1.165) is 31.6 Å². The van der Waals surface area contributed by atoms with E-state index < -0.39 is 14.9 Å². The molecule has 0 bridgehead atoms. The van der Waals surface area contributed by atoms with Crippen molar-refractivity contribution in [3.8, 4) is 0 Å². The fraction of sp³-hybridized carbons (Fsp3) is 0.519. The fourth-order valence-electron chi connectivity index (χ4n) is 5.28. The fourth-order valence-corrected chi connectivity index (χ4v) is 6.92. The number of hydrogen-bond acceptors (Lipinski definition) is 9. The molecule has 3 aliphatic rings. The molecular weight excluding hydrogens is 522 g/mol. The molecule has 2 aromatic carbocycles. The Hall–Kier alpha value is -3.06. The second kappa shape index (κ2) is 12.4. The number of sulfonamides is 1. The van der Waals surface area contributed by atoms with Gasteiger partial charge in [-0.05, 0) is 37.1 Å². The summed E-state index contributed by atoms with van der Waals surface area (Å²) >= 11 is 0. The summed E-state index contributed by atoms with van der Waals surface area (Å²) in [6, 6.07) is 10.1. The summed E-state index contributed by atoms with van der Waals surface area (Å²) in [7, 11) is -3.80. The maximum absolute atomic E-state index is 13.8. The number of non-ortho nitro benzene ring substituents is 1. The molecule has 3 aliphatic heterocycles. The lowest BCUT2D eigenvalue weighted by Crippen LogP contribution is -2.42. The van der Waals surface area contributed by atoms with Gasteiger partial charge in [0, 0.05) is 68.9 Å². The zero-order valence-corrected chi connectivity index (χ0v) is 22.9. The Bertz CT molecular complexity index is 1300. The van der Waals surface area contributed by atoms with Crippen LogP contribution < -0.4 is 9.80 Å². The van der Waals surface area contributed by atoms with E-state index in [9.17, 15) is 18.5 Å². The first-order chi connectivity index (χ1) is 18.9. The number of hydrogen-bond donors (Lipinski definition) is 0. The predicted octanol–water partition coefficient (Wildman–Crippen LogP) is 3.58. The third-order valence-electron chi connectivity index (χ3n) is 7.40. The summed E-state index contributed by atoms with van der Waals surface area (Å²) in [6.07, 6.45) is 6.09. The summed E-state index contributed by atoms with van der Waals surface area (Å²) in [5.41, 5.74) is 2.63. The molecule has 210 valence electrons. The Morgan fingerprint density at radius 2 is 1.41 bits per heavy atom. The Morgan fingerprint density at radius 1 is 0.795 bits per heavy atom. The molecular formula is C27H35N5O6S.